The maximum absolute atomic E-state index is 11.1. The van der Waals surface area contributed by atoms with E-state index >= 15 is 0 Å². The molecule has 2 heterocycles. The van der Waals surface area contributed by atoms with Crippen molar-refractivity contribution in [3.63, 3.8) is 0 Å². The number of hydrogen-bond donors (Lipinski definition) is 0. The minimum atomic E-state index is -0.346. The molecule has 1 aromatic heterocycles. The molecule has 0 radical (unpaired) electrons. The second-order valence-corrected chi connectivity index (χ2v) is 6.19. The normalized spacial score (nSPS) is 21.1. The summed E-state index contributed by atoms with van der Waals surface area (Å²) in [4.78, 5) is 17.1. The summed E-state index contributed by atoms with van der Waals surface area (Å²) in [6.45, 7) is 1.79. The van der Waals surface area contributed by atoms with Crippen LogP contribution in [0.2, 0.25) is 0 Å². The molecule has 1 aromatic rings. The summed E-state index contributed by atoms with van der Waals surface area (Å²) in [5, 5.41) is 11.1. The Kier molecular flexibility index (Phi) is 2.77. The molecule has 18 heavy (non-hydrogen) atoms. The van der Waals surface area contributed by atoms with Crippen molar-refractivity contribution in [1.29, 1.82) is 0 Å². The fourth-order valence-corrected chi connectivity index (χ4v) is 3.09. The molecule has 0 atom stereocenters. The molecule has 0 bridgehead atoms. The van der Waals surface area contributed by atoms with Gasteiger partial charge in [0.05, 0.1) is 4.92 Å². The van der Waals surface area contributed by atoms with E-state index in [0.717, 1.165) is 19.5 Å². The van der Waals surface area contributed by atoms with Gasteiger partial charge in [-0.25, -0.2) is 4.98 Å². The van der Waals surface area contributed by atoms with Crippen molar-refractivity contribution in [2.75, 3.05) is 18.0 Å². The van der Waals surface area contributed by atoms with Crippen molar-refractivity contribution in [1.82, 2.24) is 4.98 Å². The Bertz CT molecular complexity index is 502. The van der Waals surface area contributed by atoms with Gasteiger partial charge >= 0.3 is 5.69 Å². The quantitative estimate of drug-likeness (QED) is 0.622. The van der Waals surface area contributed by atoms with Gasteiger partial charge in [-0.05, 0) is 47.0 Å². The Hall–Kier alpha value is -1.17. The largest absolute Gasteiger partial charge is 0.350 e. The highest BCUT2D eigenvalue weighted by Gasteiger charge is 2.46. The molecule has 1 aliphatic heterocycles. The molecule has 6 heteroatoms. The molecule has 3 rings (SSSR count). The SMILES string of the molecule is O=[N+]([O-])c1cc(Br)cnc1N1CCCC2(CC2)C1. The molecule has 0 amide bonds. The first-order valence-corrected chi connectivity index (χ1v) is 6.94. The van der Waals surface area contributed by atoms with Crippen molar-refractivity contribution >= 4 is 27.4 Å². The van der Waals surface area contributed by atoms with Crippen molar-refractivity contribution < 1.29 is 4.92 Å². The zero-order valence-corrected chi connectivity index (χ0v) is 11.5. The van der Waals surface area contributed by atoms with Gasteiger partial charge in [-0.1, -0.05) is 0 Å². The van der Waals surface area contributed by atoms with Crippen molar-refractivity contribution in [3.8, 4) is 0 Å². The lowest BCUT2D eigenvalue weighted by molar-refractivity contribution is -0.384. The lowest BCUT2D eigenvalue weighted by Gasteiger charge is -2.33. The predicted molar refractivity (Wildman–Crippen MR) is 71.7 cm³/mol. The van der Waals surface area contributed by atoms with Gasteiger partial charge in [-0.2, -0.15) is 0 Å². The number of pyridine rings is 1. The van der Waals surface area contributed by atoms with Crippen LogP contribution in [0, 0.1) is 15.5 Å². The third-order valence-electron chi connectivity index (χ3n) is 3.93. The lowest BCUT2D eigenvalue weighted by atomic mass is 9.95. The highest BCUT2D eigenvalue weighted by atomic mass is 79.9. The van der Waals surface area contributed by atoms with Gasteiger partial charge in [-0.3, -0.25) is 10.1 Å². The van der Waals surface area contributed by atoms with Crippen LogP contribution in [0.1, 0.15) is 25.7 Å². The second-order valence-electron chi connectivity index (χ2n) is 5.28. The zero-order chi connectivity index (χ0) is 12.8. The Labute approximate surface area is 113 Å². The van der Waals surface area contributed by atoms with Gasteiger partial charge < -0.3 is 4.90 Å². The third kappa shape index (κ3) is 2.09. The van der Waals surface area contributed by atoms with E-state index in [4.69, 9.17) is 0 Å². The van der Waals surface area contributed by atoms with Crippen molar-refractivity contribution in [2.24, 2.45) is 5.41 Å². The van der Waals surface area contributed by atoms with Gasteiger partial charge in [0.15, 0.2) is 0 Å². The Morgan fingerprint density at radius 3 is 2.89 bits per heavy atom. The van der Waals surface area contributed by atoms with E-state index in [9.17, 15) is 10.1 Å². The van der Waals surface area contributed by atoms with Gasteiger partial charge in [0, 0.05) is 29.8 Å². The standard InChI is InChI=1S/C12H14BrN3O2/c13-9-6-10(16(17)18)11(14-7-9)15-5-1-2-12(8-15)3-4-12/h6-7H,1-5,8H2. The first-order chi connectivity index (χ1) is 8.60. The summed E-state index contributed by atoms with van der Waals surface area (Å²) in [6.07, 6.45) is 6.51. The van der Waals surface area contributed by atoms with Crippen LogP contribution in [0.15, 0.2) is 16.7 Å². The molecule has 0 aromatic carbocycles. The first kappa shape index (κ1) is 11.9. The number of rotatable bonds is 2. The molecule has 0 N–H and O–H groups in total. The summed E-state index contributed by atoms with van der Waals surface area (Å²) >= 11 is 3.24. The molecular formula is C12H14BrN3O2. The summed E-state index contributed by atoms with van der Waals surface area (Å²) in [5.74, 6) is 0.522. The van der Waals surface area contributed by atoms with Gasteiger partial charge in [0.2, 0.25) is 5.82 Å². The minimum Gasteiger partial charge on any atom is -0.350 e. The average Bonchev–Trinajstić information content (AvgIpc) is 3.08. The van der Waals surface area contributed by atoms with Gasteiger partial charge in [-0.15, -0.1) is 0 Å². The lowest BCUT2D eigenvalue weighted by Crippen LogP contribution is -2.37. The number of halogens is 1. The number of nitrogens with zero attached hydrogens (tertiary/aromatic N) is 3. The topological polar surface area (TPSA) is 59.3 Å². The fraction of sp³-hybridized carbons (Fsp3) is 0.583. The molecule has 96 valence electrons. The van der Waals surface area contributed by atoms with E-state index in [1.54, 1.807) is 6.20 Å². The van der Waals surface area contributed by atoms with E-state index in [1.165, 1.54) is 25.3 Å². The number of anilines is 1. The second kappa shape index (κ2) is 4.19. The monoisotopic (exact) mass is 311 g/mol. The Morgan fingerprint density at radius 2 is 2.22 bits per heavy atom. The molecule has 1 aliphatic carbocycles. The van der Waals surface area contributed by atoms with E-state index in [1.807, 2.05) is 0 Å². The summed E-state index contributed by atoms with van der Waals surface area (Å²) in [7, 11) is 0. The van der Waals surface area contributed by atoms with Crippen LogP contribution in [-0.4, -0.2) is 23.0 Å². The van der Waals surface area contributed by atoms with Crippen LogP contribution in [0.5, 0.6) is 0 Å². The van der Waals surface area contributed by atoms with Crippen molar-refractivity contribution in [3.05, 3.63) is 26.9 Å². The first-order valence-electron chi connectivity index (χ1n) is 6.15. The third-order valence-corrected chi connectivity index (χ3v) is 4.36. The van der Waals surface area contributed by atoms with Gasteiger partial charge in [0.25, 0.3) is 0 Å². The fourth-order valence-electron chi connectivity index (χ4n) is 2.77. The predicted octanol–water partition coefficient (Wildman–Crippen LogP) is 3.13. The van der Waals surface area contributed by atoms with E-state index < -0.39 is 0 Å². The molecule has 2 aliphatic rings. The molecule has 5 nitrogen and oxygen atoms in total. The summed E-state index contributed by atoms with van der Waals surface area (Å²) in [6, 6.07) is 1.54. The highest BCUT2D eigenvalue weighted by Crippen LogP contribution is 2.52. The molecule has 2 fully saturated rings. The van der Waals surface area contributed by atoms with Crippen LogP contribution < -0.4 is 4.90 Å². The molecule has 1 saturated heterocycles. The maximum Gasteiger partial charge on any atom is 0.312 e. The summed E-state index contributed by atoms with van der Waals surface area (Å²) in [5.41, 5.74) is 0.531. The highest BCUT2D eigenvalue weighted by molar-refractivity contribution is 9.10. The van der Waals surface area contributed by atoms with Crippen LogP contribution >= 0.6 is 15.9 Å². The number of aromatic nitrogens is 1. The smallest absolute Gasteiger partial charge is 0.312 e. The molecular weight excluding hydrogens is 298 g/mol. The molecule has 1 spiro atoms. The molecule has 0 unspecified atom stereocenters. The maximum atomic E-state index is 11.1. The number of piperidine rings is 1. The summed E-state index contributed by atoms with van der Waals surface area (Å²) < 4.78 is 0.649. The van der Waals surface area contributed by atoms with Crippen LogP contribution in [0.25, 0.3) is 0 Å². The van der Waals surface area contributed by atoms with Crippen LogP contribution in [-0.2, 0) is 0 Å². The van der Waals surface area contributed by atoms with E-state index in [0.29, 0.717) is 15.7 Å². The zero-order valence-electron chi connectivity index (χ0n) is 9.93. The number of hydrogen-bond acceptors (Lipinski definition) is 4. The Balaban J connectivity index is 1.93. The minimum absolute atomic E-state index is 0.0991. The molecule has 1 saturated carbocycles. The van der Waals surface area contributed by atoms with Crippen LogP contribution in [0.3, 0.4) is 0 Å². The van der Waals surface area contributed by atoms with E-state index in [2.05, 4.69) is 25.8 Å². The number of nitro groups is 1. The van der Waals surface area contributed by atoms with Crippen LogP contribution in [0.4, 0.5) is 11.5 Å². The van der Waals surface area contributed by atoms with Crippen molar-refractivity contribution in [2.45, 2.75) is 25.7 Å². The van der Waals surface area contributed by atoms with E-state index in [-0.39, 0.29) is 10.6 Å². The average molecular weight is 312 g/mol. The Morgan fingerprint density at radius 1 is 1.44 bits per heavy atom. The van der Waals surface area contributed by atoms with Gasteiger partial charge in [0.1, 0.15) is 0 Å².